The number of carbonyl (C=O) groups excluding carboxylic acids is 1. The van der Waals surface area contributed by atoms with Crippen molar-refractivity contribution in [3.05, 3.63) is 69.8 Å². The number of non-ortho nitro benzene ring substituents is 1. The van der Waals surface area contributed by atoms with Gasteiger partial charge in [0.05, 0.1) is 9.82 Å². The van der Waals surface area contributed by atoms with Gasteiger partial charge in [0.25, 0.3) is 5.69 Å². The molecule has 1 amide bonds. The van der Waals surface area contributed by atoms with E-state index in [1.54, 1.807) is 0 Å². The summed E-state index contributed by atoms with van der Waals surface area (Å²) < 4.78 is 26.6. The summed E-state index contributed by atoms with van der Waals surface area (Å²) >= 11 is 0. The van der Waals surface area contributed by atoms with Crippen molar-refractivity contribution in [3.63, 3.8) is 0 Å². The molecule has 0 aliphatic rings. The van der Waals surface area contributed by atoms with Gasteiger partial charge in [0, 0.05) is 31.6 Å². The average Bonchev–Trinajstić information content (AvgIpc) is 2.64. The number of sulfonamides is 1. The minimum atomic E-state index is -3.88. The zero-order valence-corrected chi connectivity index (χ0v) is 15.7. The number of amides is 1. The number of aryl methyl sites for hydroxylation is 2. The summed E-state index contributed by atoms with van der Waals surface area (Å²) in [7, 11) is -3.88. The van der Waals surface area contributed by atoms with Crippen LogP contribution < -0.4 is 10.0 Å². The highest BCUT2D eigenvalue weighted by Crippen LogP contribution is 2.16. The van der Waals surface area contributed by atoms with E-state index in [4.69, 9.17) is 0 Å². The van der Waals surface area contributed by atoms with Gasteiger partial charge in [-0.15, -0.1) is 0 Å². The molecule has 2 aromatic carbocycles. The lowest BCUT2D eigenvalue weighted by Gasteiger charge is -2.08. The van der Waals surface area contributed by atoms with Crippen LogP contribution in [0.4, 0.5) is 5.69 Å². The summed E-state index contributed by atoms with van der Waals surface area (Å²) in [5.74, 6) is -0.175. The van der Waals surface area contributed by atoms with Gasteiger partial charge in [-0.1, -0.05) is 35.9 Å². The SMILES string of the molecule is Cc1cccc(CCC(=O)NCCNS(=O)(=O)c2cccc([N+](=O)[O-])c2)c1. The number of nitrogens with zero attached hydrogens (tertiary/aromatic N) is 1. The van der Waals surface area contributed by atoms with E-state index < -0.39 is 14.9 Å². The number of carbonyl (C=O) groups is 1. The summed E-state index contributed by atoms with van der Waals surface area (Å²) in [6, 6.07) is 12.7. The van der Waals surface area contributed by atoms with E-state index in [1.807, 2.05) is 31.2 Å². The molecule has 0 radical (unpaired) electrons. The fourth-order valence-electron chi connectivity index (χ4n) is 2.45. The molecule has 0 spiro atoms. The Labute approximate surface area is 157 Å². The van der Waals surface area contributed by atoms with Gasteiger partial charge < -0.3 is 5.32 Å². The second kappa shape index (κ2) is 9.24. The zero-order valence-electron chi connectivity index (χ0n) is 14.8. The van der Waals surface area contributed by atoms with Crippen LogP contribution >= 0.6 is 0 Å². The maximum absolute atomic E-state index is 12.1. The molecule has 0 aliphatic heterocycles. The van der Waals surface area contributed by atoms with Gasteiger partial charge in [0.15, 0.2) is 0 Å². The molecule has 144 valence electrons. The van der Waals surface area contributed by atoms with Crippen molar-refractivity contribution in [2.45, 2.75) is 24.7 Å². The van der Waals surface area contributed by atoms with Crippen molar-refractivity contribution >= 4 is 21.6 Å². The summed E-state index contributed by atoms with van der Waals surface area (Å²) in [4.78, 5) is 21.7. The van der Waals surface area contributed by atoms with Crippen LogP contribution in [-0.4, -0.2) is 32.3 Å². The van der Waals surface area contributed by atoms with Gasteiger partial charge in [-0.2, -0.15) is 0 Å². The Morgan fingerprint density at radius 2 is 1.85 bits per heavy atom. The predicted octanol–water partition coefficient (Wildman–Crippen LogP) is 1.93. The van der Waals surface area contributed by atoms with Crippen LogP contribution in [0.3, 0.4) is 0 Å². The molecule has 2 rings (SSSR count). The number of rotatable bonds is 9. The summed E-state index contributed by atoms with van der Waals surface area (Å²) in [5, 5.41) is 13.4. The third-order valence-electron chi connectivity index (χ3n) is 3.80. The van der Waals surface area contributed by atoms with Gasteiger partial charge in [-0.25, -0.2) is 13.1 Å². The number of hydrogen-bond acceptors (Lipinski definition) is 5. The van der Waals surface area contributed by atoms with E-state index in [2.05, 4.69) is 10.0 Å². The van der Waals surface area contributed by atoms with Crippen molar-refractivity contribution in [1.82, 2.24) is 10.0 Å². The summed E-state index contributed by atoms with van der Waals surface area (Å²) in [6.45, 7) is 2.10. The third-order valence-corrected chi connectivity index (χ3v) is 5.26. The smallest absolute Gasteiger partial charge is 0.270 e. The number of benzene rings is 2. The van der Waals surface area contributed by atoms with E-state index in [9.17, 15) is 23.3 Å². The van der Waals surface area contributed by atoms with Crippen molar-refractivity contribution in [3.8, 4) is 0 Å². The molecule has 0 saturated heterocycles. The minimum absolute atomic E-state index is 0.0127. The van der Waals surface area contributed by atoms with Gasteiger partial charge in [-0.05, 0) is 25.0 Å². The summed E-state index contributed by atoms with van der Waals surface area (Å²) in [6.07, 6.45) is 0.911. The third kappa shape index (κ3) is 6.46. The second-order valence-corrected chi connectivity index (χ2v) is 7.76. The van der Waals surface area contributed by atoms with Crippen molar-refractivity contribution in [2.75, 3.05) is 13.1 Å². The Hall–Kier alpha value is -2.78. The summed E-state index contributed by atoms with van der Waals surface area (Å²) in [5.41, 5.74) is 1.89. The Morgan fingerprint density at radius 3 is 2.56 bits per heavy atom. The topological polar surface area (TPSA) is 118 Å². The van der Waals surface area contributed by atoms with Crippen molar-refractivity contribution < 1.29 is 18.1 Å². The molecule has 0 bridgehead atoms. The van der Waals surface area contributed by atoms with Gasteiger partial charge in [-0.3, -0.25) is 14.9 Å². The van der Waals surface area contributed by atoms with Crippen LogP contribution in [-0.2, 0) is 21.2 Å². The van der Waals surface area contributed by atoms with Gasteiger partial charge in [0.1, 0.15) is 0 Å². The Bertz CT molecular complexity index is 928. The highest BCUT2D eigenvalue weighted by Gasteiger charge is 2.17. The van der Waals surface area contributed by atoms with E-state index in [1.165, 1.54) is 18.2 Å². The van der Waals surface area contributed by atoms with E-state index >= 15 is 0 Å². The normalized spacial score (nSPS) is 11.1. The monoisotopic (exact) mass is 391 g/mol. The van der Waals surface area contributed by atoms with Crippen LogP contribution in [0, 0.1) is 17.0 Å². The van der Waals surface area contributed by atoms with Gasteiger partial charge >= 0.3 is 0 Å². The molecule has 27 heavy (non-hydrogen) atoms. The maximum Gasteiger partial charge on any atom is 0.270 e. The van der Waals surface area contributed by atoms with E-state index in [0.717, 1.165) is 17.2 Å². The first-order valence-electron chi connectivity index (χ1n) is 8.34. The first-order valence-corrected chi connectivity index (χ1v) is 9.82. The molecular weight excluding hydrogens is 370 g/mol. The van der Waals surface area contributed by atoms with E-state index in [0.29, 0.717) is 12.8 Å². The maximum atomic E-state index is 12.1. The second-order valence-electron chi connectivity index (χ2n) is 5.99. The molecule has 0 heterocycles. The lowest BCUT2D eigenvalue weighted by molar-refractivity contribution is -0.385. The number of hydrogen-bond donors (Lipinski definition) is 2. The Morgan fingerprint density at radius 1 is 1.11 bits per heavy atom. The van der Waals surface area contributed by atoms with Gasteiger partial charge in [0.2, 0.25) is 15.9 Å². The van der Waals surface area contributed by atoms with Crippen molar-refractivity contribution in [1.29, 1.82) is 0 Å². The quantitative estimate of drug-likeness (QED) is 0.385. The molecule has 0 atom stereocenters. The first kappa shape index (κ1) is 20.5. The zero-order chi connectivity index (χ0) is 19.9. The van der Waals surface area contributed by atoms with Crippen LogP contribution in [0.25, 0.3) is 0 Å². The largest absolute Gasteiger partial charge is 0.355 e. The minimum Gasteiger partial charge on any atom is -0.355 e. The molecule has 9 heteroatoms. The standard InChI is InChI=1S/C18H21N3O5S/c1-14-4-2-5-15(12-14)8-9-18(22)19-10-11-20-27(25,26)17-7-3-6-16(13-17)21(23)24/h2-7,12-13,20H,8-11H2,1H3,(H,19,22). The van der Waals surface area contributed by atoms with Crippen molar-refractivity contribution in [2.24, 2.45) is 0 Å². The Balaban J connectivity index is 1.77. The van der Waals surface area contributed by atoms with E-state index in [-0.39, 0.29) is 29.6 Å². The fraction of sp³-hybridized carbons (Fsp3) is 0.278. The molecule has 0 saturated carbocycles. The molecule has 8 nitrogen and oxygen atoms in total. The van der Waals surface area contributed by atoms with Crippen LogP contribution in [0.5, 0.6) is 0 Å². The van der Waals surface area contributed by atoms with Crippen LogP contribution in [0.1, 0.15) is 17.5 Å². The molecule has 2 aromatic rings. The fourth-order valence-corrected chi connectivity index (χ4v) is 3.52. The number of nitrogens with one attached hydrogen (secondary N) is 2. The molecule has 0 aromatic heterocycles. The highest BCUT2D eigenvalue weighted by molar-refractivity contribution is 7.89. The Kier molecular flexibility index (Phi) is 7.03. The van der Waals surface area contributed by atoms with Crippen LogP contribution in [0.2, 0.25) is 0 Å². The van der Waals surface area contributed by atoms with Crippen LogP contribution in [0.15, 0.2) is 53.4 Å². The number of nitro groups is 1. The molecule has 2 N–H and O–H groups in total. The molecule has 0 fully saturated rings. The molecule has 0 aliphatic carbocycles. The average molecular weight is 391 g/mol. The number of nitro benzene ring substituents is 1. The highest BCUT2D eigenvalue weighted by atomic mass is 32.2. The lowest BCUT2D eigenvalue weighted by atomic mass is 10.1. The lowest BCUT2D eigenvalue weighted by Crippen LogP contribution is -2.34. The first-order chi connectivity index (χ1) is 12.8. The predicted molar refractivity (Wildman–Crippen MR) is 101 cm³/mol. The molecular formula is C18H21N3O5S. The molecule has 0 unspecified atom stereocenters.